The molecule has 0 spiro atoms. The van der Waals surface area contributed by atoms with Gasteiger partial charge in [-0.15, -0.1) is 0 Å². The molecule has 0 aliphatic carbocycles. The minimum absolute atomic E-state index is 0.193. The van der Waals surface area contributed by atoms with Crippen LogP contribution >= 0.6 is 0 Å². The van der Waals surface area contributed by atoms with Gasteiger partial charge in [0.05, 0.1) is 18.8 Å². The summed E-state index contributed by atoms with van der Waals surface area (Å²) in [6.45, 7) is 4.20. The van der Waals surface area contributed by atoms with Crippen molar-refractivity contribution in [2.75, 3.05) is 6.61 Å². The summed E-state index contributed by atoms with van der Waals surface area (Å²) in [6.07, 6.45) is 12.0. The molecule has 0 aromatic carbocycles. The van der Waals surface area contributed by atoms with Crippen LogP contribution in [-0.4, -0.2) is 29.0 Å². The summed E-state index contributed by atoms with van der Waals surface area (Å²) >= 11 is 0. The van der Waals surface area contributed by atoms with Crippen LogP contribution in [0.5, 0.6) is 0 Å². The van der Waals surface area contributed by atoms with Gasteiger partial charge in [-0.3, -0.25) is 0 Å². The van der Waals surface area contributed by atoms with Gasteiger partial charge in [-0.2, -0.15) is 0 Å². The van der Waals surface area contributed by atoms with Gasteiger partial charge in [0.2, 0.25) is 0 Å². The van der Waals surface area contributed by atoms with Crippen LogP contribution in [0.4, 0.5) is 0 Å². The van der Waals surface area contributed by atoms with Gasteiger partial charge in [0.15, 0.2) is 0 Å². The first-order valence-corrected chi connectivity index (χ1v) is 6.98. The maximum Gasteiger partial charge on any atom is 0.0894 e. The Morgan fingerprint density at radius 2 is 2.00 bits per heavy atom. The Morgan fingerprint density at radius 1 is 1.28 bits per heavy atom. The minimum atomic E-state index is -0.746. The molecule has 0 saturated carbocycles. The molecule has 0 aliphatic rings. The maximum absolute atomic E-state index is 9.48. The number of nitrogens with two attached hydrogens (primary N) is 1. The van der Waals surface area contributed by atoms with E-state index in [1.54, 1.807) is 6.08 Å². The average molecular weight is 255 g/mol. The minimum Gasteiger partial charge on any atom is -0.395 e. The highest BCUT2D eigenvalue weighted by Gasteiger charge is 2.08. The van der Waals surface area contributed by atoms with Crippen LogP contribution < -0.4 is 5.73 Å². The van der Waals surface area contributed by atoms with Gasteiger partial charge < -0.3 is 15.9 Å². The van der Waals surface area contributed by atoms with E-state index in [2.05, 4.69) is 19.9 Å². The Morgan fingerprint density at radius 3 is 2.61 bits per heavy atom. The Kier molecular flexibility index (Phi) is 11.0. The van der Waals surface area contributed by atoms with Gasteiger partial charge in [-0.1, -0.05) is 43.6 Å². The molecule has 0 bridgehead atoms. The largest absolute Gasteiger partial charge is 0.395 e. The van der Waals surface area contributed by atoms with Crippen molar-refractivity contribution in [1.82, 2.24) is 0 Å². The van der Waals surface area contributed by atoms with Crippen molar-refractivity contribution in [1.29, 1.82) is 0 Å². The fraction of sp³-hybridized carbons (Fsp3) is 0.733. The van der Waals surface area contributed by atoms with Gasteiger partial charge in [0.1, 0.15) is 0 Å². The average Bonchev–Trinajstić information content (AvgIpc) is 2.37. The van der Waals surface area contributed by atoms with E-state index in [0.717, 1.165) is 12.8 Å². The van der Waals surface area contributed by atoms with Crippen molar-refractivity contribution in [2.45, 2.75) is 64.5 Å². The first-order valence-electron chi connectivity index (χ1n) is 6.98. The highest BCUT2D eigenvalue weighted by Crippen LogP contribution is 2.09. The van der Waals surface area contributed by atoms with Crippen LogP contribution in [0.25, 0.3) is 0 Å². The van der Waals surface area contributed by atoms with E-state index in [0.29, 0.717) is 0 Å². The van der Waals surface area contributed by atoms with Crippen LogP contribution in [0.15, 0.2) is 23.8 Å². The molecular weight excluding hydrogens is 226 g/mol. The second kappa shape index (κ2) is 11.5. The highest BCUT2D eigenvalue weighted by atomic mass is 16.3. The van der Waals surface area contributed by atoms with E-state index in [9.17, 15) is 5.11 Å². The zero-order valence-corrected chi connectivity index (χ0v) is 11.8. The van der Waals surface area contributed by atoms with Gasteiger partial charge in [-0.05, 0) is 32.6 Å². The fourth-order valence-electron chi connectivity index (χ4n) is 1.67. The molecule has 0 radical (unpaired) electrons. The normalized spacial score (nSPS) is 16.2. The molecule has 0 rings (SSSR count). The van der Waals surface area contributed by atoms with E-state index >= 15 is 0 Å². The van der Waals surface area contributed by atoms with E-state index in [1.165, 1.54) is 31.3 Å². The van der Waals surface area contributed by atoms with Gasteiger partial charge >= 0.3 is 0 Å². The number of aliphatic hydroxyl groups is 2. The van der Waals surface area contributed by atoms with Crippen LogP contribution in [0, 0.1) is 0 Å². The zero-order chi connectivity index (χ0) is 13.8. The van der Waals surface area contributed by atoms with Crippen molar-refractivity contribution in [3.8, 4) is 0 Å². The number of unbranched alkanes of at least 4 members (excludes halogenated alkanes) is 3. The first kappa shape index (κ1) is 17.4. The lowest BCUT2D eigenvalue weighted by atomic mass is 10.1. The molecule has 0 aromatic heterocycles. The van der Waals surface area contributed by atoms with E-state index in [-0.39, 0.29) is 6.61 Å². The predicted octanol–water partition coefficient (Wildman–Crippen LogP) is 2.53. The first-order chi connectivity index (χ1) is 8.61. The Labute approximate surface area is 111 Å². The summed E-state index contributed by atoms with van der Waals surface area (Å²) in [4.78, 5) is 0. The lowest BCUT2D eigenvalue weighted by molar-refractivity contribution is 0.144. The number of hydrogen-bond donors (Lipinski definition) is 3. The molecule has 3 nitrogen and oxygen atoms in total. The summed E-state index contributed by atoms with van der Waals surface area (Å²) in [7, 11) is 0. The molecule has 0 unspecified atom stereocenters. The van der Waals surface area contributed by atoms with Crippen LogP contribution in [0.3, 0.4) is 0 Å². The second-order valence-corrected chi connectivity index (χ2v) is 4.85. The van der Waals surface area contributed by atoms with E-state index in [4.69, 9.17) is 10.8 Å². The van der Waals surface area contributed by atoms with Gasteiger partial charge in [-0.25, -0.2) is 0 Å². The summed E-state index contributed by atoms with van der Waals surface area (Å²) in [5, 5.41) is 18.2. The molecule has 106 valence electrons. The van der Waals surface area contributed by atoms with Crippen molar-refractivity contribution >= 4 is 0 Å². The molecular formula is C15H29NO2. The highest BCUT2D eigenvalue weighted by molar-refractivity contribution is 5.00. The molecule has 0 aromatic rings. The molecule has 3 heteroatoms. The molecule has 0 aliphatic heterocycles. The van der Waals surface area contributed by atoms with Gasteiger partial charge in [0.25, 0.3) is 0 Å². The third kappa shape index (κ3) is 9.40. The van der Waals surface area contributed by atoms with Gasteiger partial charge in [0, 0.05) is 0 Å². The lowest BCUT2D eigenvalue weighted by Crippen LogP contribution is -2.36. The third-order valence-electron chi connectivity index (χ3n) is 2.98. The smallest absolute Gasteiger partial charge is 0.0894 e. The van der Waals surface area contributed by atoms with Crippen molar-refractivity contribution in [2.24, 2.45) is 5.73 Å². The second-order valence-electron chi connectivity index (χ2n) is 4.85. The molecule has 18 heavy (non-hydrogen) atoms. The summed E-state index contributed by atoms with van der Waals surface area (Å²) in [6, 6.07) is -0.576. The predicted molar refractivity (Wildman–Crippen MR) is 77.3 cm³/mol. The standard InChI is InChI=1S/C15H29NO2/c1-3-4-6-9-13(2)10-7-5-8-11-15(18)14(16)12-17/h8,10-11,14-15,17-18H,3-7,9,12,16H2,1-2H3/b11-8+,13-10+/t14-,15+/m0/s1. The number of hydrogen-bond acceptors (Lipinski definition) is 3. The molecule has 4 N–H and O–H groups in total. The van der Waals surface area contributed by atoms with E-state index < -0.39 is 12.1 Å². The van der Waals surface area contributed by atoms with Crippen LogP contribution in [-0.2, 0) is 0 Å². The van der Waals surface area contributed by atoms with Crippen LogP contribution in [0.1, 0.15) is 52.4 Å². The number of rotatable bonds is 10. The van der Waals surface area contributed by atoms with E-state index in [1.807, 2.05) is 6.08 Å². The van der Waals surface area contributed by atoms with Crippen LogP contribution in [0.2, 0.25) is 0 Å². The van der Waals surface area contributed by atoms with Crippen molar-refractivity contribution in [3.05, 3.63) is 23.8 Å². The quantitative estimate of drug-likeness (QED) is 0.415. The molecule has 0 amide bonds. The maximum atomic E-state index is 9.48. The third-order valence-corrected chi connectivity index (χ3v) is 2.98. The van der Waals surface area contributed by atoms with Crippen molar-refractivity contribution in [3.63, 3.8) is 0 Å². The number of aliphatic hydroxyl groups excluding tert-OH is 2. The molecule has 0 fully saturated rings. The molecule has 0 saturated heterocycles. The monoisotopic (exact) mass is 255 g/mol. The summed E-state index contributed by atoms with van der Waals surface area (Å²) in [5.41, 5.74) is 6.93. The number of allylic oxidation sites excluding steroid dienone is 3. The lowest BCUT2D eigenvalue weighted by Gasteiger charge is -2.11. The Hall–Kier alpha value is -0.640. The summed E-state index contributed by atoms with van der Waals surface area (Å²) < 4.78 is 0. The Bertz CT molecular complexity index is 249. The SMILES string of the molecule is CCCCC/C(C)=C/CC/C=C/[C@@H](O)[C@@H](N)CO. The molecule has 2 atom stereocenters. The molecule has 0 heterocycles. The summed E-state index contributed by atoms with van der Waals surface area (Å²) in [5.74, 6) is 0. The Balaban J connectivity index is 3.70. The topological polar surface area (TPSA) is 66.5 Å². The fourth-order valence-corrected chi connectivity index (χ4v) is 1.67. The zero-order valence-electron chi connectivity index (χ0n) is 11.8. The van der Waals surface area contributed by atoms with Crippen molar-refractivity contribution < 1.29 is 10.2 Å².